The largest absolute Gasteiger partial charge is 0.358 e. The second-order valence-electron chi connectivity index (χ2n) is 9.64. The molecule has 3 aliphatic heterocycles. The first-order chi connectivity index (χ1) is 16.0. The highest BCUT2D eigenvalue weighted by Gasteiger charge is 2.40. The summed E-state index contributed by atoms with van der Waals surface area (Å²) < 4.78 is 0. The van der Waals surface area contributed by atoms with Crippen molar-refractivity contribution in [1.82, 2.24) is 15.1 Å². The summed E-state index contributed by atoms with van der Waals surface area (Å²) >= 11 is 0. The summed E-state index contributed by atoms with van der Waals surface area (Å²) in [6, 6.07) is 5.29. The number of fused-ring (bicyclic) bond motifs is 3. The molecule has 0 aromatic heterocycles. The van der Waals surface area contributed by atoms with Crippen LogP contribution < -0.4 is 15.1 Å². The average molecular weight is 456 g/mol. The number of hydrogen-bond acceptors (Lipinski definition) is 5. The fraction of sp³-hybridized carbons (Fsp3) is 0.640. The Kier molecular flexibility index (Phi) is 7.53. The molecule has 0 unspecified atom stereocenters. The first-order valence-electron chi connectivity index (χ1n) is 12.4. The molecule has 0 bridgehead atoms. The maximum Gasteiger partial charge on any atom is 0.253 e. The second-order valence-corrected chi connectivity index (χ2v) is 9.64. The normalized spacial score (nSPS) is 20.8. The Morgan fingerprint density at radius 3 is 2.55 bits per heavy atom. The third-order valence-electron chi connectivity index (χ3n) is 7.01. The molecule has 3 heterocycles. The first-order valence-corrected chi connectivity index (χ1v) is 12.4. The van der Waals surface area contributed by atoms with Crippen molar-refractivity contribution in [2.75, 3.05) is 63.2 Å². The number of nitrogens with one attached hydrogen (secondary N) is 1. The molecule has 0 saturated carbocycles. The predicted molar refractivity (Wildman–Crippen MR) is 130 cm³/mol. The Balaban J connectivity index is 1.45. The van der Waals surface area contributed by atoms with E-state index < -0.39 is 0 Å². The van der Waals surface area contributed by atoms with E-state index in [-0.39, 0.29) is 30.3 Å². The van der Waals surface area contributed by atoms with E-state index in [1.807, 2.05) is 12.1 Å². The van der Waals surface area contributed by atoms with E-state index in [1.165, 1.54) is 24.2 Å². The lowest BCUT2D eigenvalue weighted by atomic mass is 9.95. The van der Waals surface area contributed by atoms with Crippen LogP contribution in [-0.2, 0) is 9.59 Å². The Morgan fingerprint density at radius 1 is 1.03 bits per heavy atom. The van der Waals surface area contributed by atoms with Crippen LogP contribution in [0.15, 0.2) is 18.2 Å². The van der Waals surface area contributed by atoms with Gasteiger partial charge in [-0.05, 0) is 76.4 Å². The molecule has 1 atom stereocenters. The molecule has 8 heteroatoms. The van der Waals surface area contributed by atoms with Crippen LogP contribution in [0.1, 0.15) is 55.3 Å². The van der Waals surface area contributed by atoms with Crippen molar-refractivity contribution < 1.29 is 14.4 Å². The van der Waals surface area contributed by atoms with Gasteiger partial charge >= 0.3 is 0 Å². The number of anilines is 2. The van der Waals surface area contributed by atoms with Gasteiger partial charge in [0.2, 0.25) is 11.8 Å². The maximum absolute atomic E-state index is 13.4. The standard InChI is InChI=1S/C25H37N5O3/c1-27(2)24(32)19-10-11-20-22(17-19)30(25(33)21-9-4-7-16-29(20)21)18-23(31)26-12-8-15-28-13-5-3-6-14-28/h10-11,17,21H,3-9,12-16,18H2,1-2H3,(H,26,31)/t21-/m1/s1. The van der Waals surface area contributed by atoms with Crippen molar-refractivity contribution in [3.05, 3.63) is 23.8 Å². The summed E-state index contributed by atoms with van der Waals surface area (Å²) in [5.74, 6) is -0.310. The van der Waals surface area contributed by atoms with Crippen molar-refractivity contribution in [2.24, 2.45) is 0 Å². The number of piperidine rings is 2. The van der Waals surface area contributed by atoms with Gasteiger partial charge in [-0.1, -0.05) is 6.42 Å². The third-order valence-corrected chi connectivity index (χ3v) is 7.01. The lowest BCUT2D eigenvalue weighted by molar-refractivity contribution is -0.125. The number of hydrogen-bond donors (Lipinski definition) is 1. The van der Waals surface area contributed by atoms with E-state index in [9.17, 15) is 14.4 Å². The molecule has 0 spiro atoms. The third kappa shape index (κ3) is 5.32. The van der Waals surface area contributed by atoms with Gasteiger partial charge in [0.05, 0.1) is 11.4 Å². The zero-order valence-electron chi connectivity index (χ0n) is 20.0. The Hall–Kier alpha value is -2.61. The number of carbonyl (C=O) groups is 3. The smallest absolute Gasteiger partial charge is 0.253 e. The van der Waals surface area contributed by atoms with E-state index >= 15 is 0 Å². The van der Waals surface area contributed by atoms with Crippen molar-refractivity contribution in [3.63, 3.8) is 0 Å². The fourth-order valence-electron chi connectivity index (χ4n) is 5.23. The summed E-state index contributed by atoms with van der Waals surface area (Å²) in [7, 11) is 3.42. The molecule has 3 aliphatic rings. The molecule has 8 nitrogen and oxygen atoms in total. The highest BCUT2D eigenvalue weighted by atomic mass is 16.2. The topological polar surface area (TPSA) is 76.2 Å². The summed E-state index contributed by atoms with van der Waals surface area (Å²) in [4.78, 5) is 46.5. The molecule has 2 saturated heterocycles. The molecule has 0 aliphatic carbocycles. The minimum atomic E-state index is -0.228. The summed E-state index contributed by atoms with van der Waals surface area (Å²) in [6.45, 7) is 4.72. The van der Waals surface area contributed by atoms with Gasteiger partial charge in [-0.25, -0.2) is 0 Å². The SMILES string of the molecule is CN(C)C(=O)c1ccc2c(c1)N(CC(=O)NCCCN1CCCCC1)C(=O)[C@H]1CCCCN21. The highest BCUT2D eigenvalue weighted by molar-refractivity contribution is 6.09. The number of carbonyl (C=O) groups excluding carboxylic acids is 3. The molecule has 3 amide bonds. The summed E-state index contributed by atoms with van der Waals surface area (Å²) in [5, 5.41) is 3.00. The first kappa shape index (κ1) is 23.5. The number of rotatable bonds is 7. The Labute approximate surface area is 196 Å². The Morgan fingerprint density at radius 2 is 1.79 bits per heavy atom. The summed E-state index contributed by atoms with van der Waals surface area (Å²) in [6.07, 6.45) is 7.60. The number of amides is 3. The molecule has 33 heavy (non-hydrogen) atoms. The van der Waals surface area contributed by atoms with Gasteiger partial charge < -0.3 is 20.0 Å². The van der Waals surface area contributed by atoms with Crippen LogP contribution in [0.2, 0.25) is 0 Å². The fourth-order valence-corrected chi connectivity index (χ4v) is 5.23. The van der Waals surface area contributed by atoms with E-state index in [0.717, 1.165) is 57.5 Å². The minimum absolute atomic E-state index is 0.0144. The van der Waals surface area contributed by atoms with Crippen LogP contribution in [0, 0.1) is 0 Å². The Bertz CT molecular complexity index is 881. The summed E-state index contributed by atoms with van der Waals surface area (Å²) in [5.41, 5.74) is 2.12. The zero-order chi connectivity index (χ0) is 23.4. The maximum atomic E-state index is 13.4. The lowest BCUT2D eigenvalue weighted by Gasteiger charge is -2.45. The van der Waals surface area contributed by atoms with E-state index in [1.54, 1.807) is 25.1 Å². The molecular formula is C25H37N5O3. The lowest BCUT2D eigenvalue weighted by Crippen LogP contribution is -2.57. The van der Waals surface area contributed by atoms with Crippen LogP contribution in [0.4, 0.5) is 11.4 Å². The number of likely N-dealkylation sites (tertiary alicyclic amines) is 1. The van der Waals surface area contributed by atoms with Gasteiger partial charge in [0.25, 0.3) is 5.91 Å². The van der Waals surface area contributed by atoms with Crippen LogP contribution in [-0.4, -0.2) is 86.9 Å². The van der Waals surface area contributed by atoms with Gasteiger partial charge in [-0.3, -0.25) is 19.3 Å². The molecule has 4 rings (SSSR count). The average Bonchev–Trinajstić information content (AvgIpc) is 2.84. The van der Waals surface area contributed by atoms with Crippen LogP contribution in [0.25, 0.3) is 0 Å². The van der Waals surface area contributed by atoms with Crippen LogP contribution >= 0.6 is 0 Å². The molecule has 0 radical (unpaired) electrons. The monoisotopic (exact) mass is 455 g/mol. The van der Waals surface area contributed by atoms with E-state index in [0.29, 0.717) is 17.8 Å². The molecule has 1 N–H and O–H groups in total. The minimum Gasteiger partial charge on any atom is -0.358 e. The van der Waals surface area contributed by atoms with Gasteiger partial charge in [0, 0.05) is 32.7 Å². The molecule has 1 aromatic carbocycles. The molecule has 1 aromatic rings. The zero-order valence-corrected chi connectivity index (χ0v) is 20.0. The molecule has 2 fully saturated rings. The predicted octanol–water partition coefficient (Wildman–Crippen LogP) is 2.09. The van der Waals surface area contributed by atoms with E-state index in [4.69, 9.17) is 0 Å². The molecular weight excluding hydrogens is 418 g/mol. The van der Waals surface area contributed by atoms with Crippen LogP contribution in [0.3, 0.4) is 0 Å². The van der Waals surface area contributed by atoms with Gasteiger partial charge in [-0.2, -0.15) is 0 Å². The van der Waals surface area contributed by atoms with Crippen molar-refractivity contribution in [2.45, 2.75) is 51.0 Å². The second kappa shape index (κ2) is 10.5. The number of benzene rings is 1. The van der Waals surface area contributed by atoms with Gasteiger partial charge in [0.1, 0.15) is 12.6 Å². The van der Waals surface area contributed by atoms with Crippen LogP contribution in [0.5, 0.6) is 0 Å². The van der Waals surface area contributed by atoms with E-state index in [2.05, 4.69) is 15.1 Å². The highest BCUT2D eigenvalue weighted by Crippen LogP contribution is 2.40. The van der Waals surface area contributed by atoms with Crippen molar-refractivity contribution in [1.29, 1.82) is 0 Å². The van der Waals surface area contributed by atoms with Gasteiger partial charge in [-0.15, -0.1) is 0 Å². The van der Waals surface area contributed by atoms with Crippen molar-refractivity contribution in [3.8, 4) is 0 Å². The number of nitrogens with zero attached hydrogens (tertiary/aromatic N) is 4. The quantitative estimate of drug-likeness (QED) is 0.637. The van der Waals surface area contributed by atoms with Crippen molar-refractivity contribution >= 4 is 29.1 Å². The van der Waals surface area contributed by atoms with Gasteiger partial charge in [0.15, 0.2) is 0 Å². The molecule has 180 valence electrons.